The molecule has 106 valence electrons. The van der Waals surface area contributed by atoms with Crippen LogP contribution >= 0.6 is 0 Å². The Kier molecular flexibility index (Phi) is 6.65. The Morgan fingerprint density at radius 1 is 1.44 bits per heavy atom. The second-order valence-electron chi connectivity index (χ2n) is 5.73. The Labute approximate surface area is 111 Å². The molecule has 0 aromatic carbocycles. The average Bonchev–Trinajstić information content (AvgIpc) is 2.73. The molecule has 2 unspecified atom stereocenters. The summed E-state index contributed by atoms with van der Waals surface area (Å²) in [6, 6.07) is 0.716. The van der Waals surface area contributed by atoms with Crippen molar-refractivity contribution in [2.45, 2.75) is 58.5 Å². The van der Waals surface area contributed by atoms with E-state index < -0.39 is 0 Å². The molecule has 0 bridgehead atoms. The van der Waals surface area contributed by atoms with E-state index in [4.69, 9.17) is 5.11 Å². The molecule has 0 radical (unpaired) electrons. The van der Waals surface area contributed by atoms with Crippen LogP contribution in [-0.4, -0.2) is 47.7 Å². The van der Waals surface area contributed by atoms with Gasteiger partial charge in [0.15, 0.2) is 0 Å². The van der Waals surface area contributed by atoms with Crippen LogP contribution in [0.5, 0.6) is 0 Å². The number of aliphatic hydroxyl groups is 1. The molecule has 2 atom stereocenters. The largest absolute Gasteiger partial charge is 0.396 e. The van der Waals surface area contributed by atoms with Crippen molar-refractivity contribution in [3.8, 4) is 0 Å². The summed E-state index contributed by atoms with van der Waals surface area (Å²) in [5.74, 6) is 0.602. The molecule has 1 heterocycles. The minimum Gasteiger partial charge on any atom is -0.396 e. The fourth-order valence-electron chi connectivity index (χ4n) is 2.41. The summed E-state index contributed by atoms with van der Waals surface area (Å²) in [6.45, 7) is 8.05. The minimum absolute atomic E-state index is 0.132. The Hall–Kier alpha value is -0.610. The second kappa shape index (κ2) is 7.74. The van der Waals surface area contributed by atoms with Crippen LogP contribution in [0.2, 0.25) is 0 Å². The van der Waals surface area contributed by atoms with Crippen LogP contribution in [0.3, 0.4) is 0 Å². The SMILES string of the molecule is CC(C)C(C)NC(=O)CN1CCCC1CCCO. The lowest BCUT2D eigenvalue weighted by atomic mass is 10.1. The van der Waals surface area contributed by atoms with Gasteiger partial charge in [-0.25, -0.2) is 0 Å². The number of hydrogen-bond acceptors (Lipinski definition) is 3. The first kappa shape index (κ1) is 15.4. The molecule has 4 nitrogen and oxygen atoms in total. The van der Waals surface area contributed by atoms with Crippen LogP contribution < -0.4 is 5.32 Å². The van der Waals surface area contributed by atoms with Gasteiger partial charge in [0.25, 0.3) is 0 Å². The van der Waals surface area contributed by atoms with Gasteiger partial charge < -0.3 is 10.4 Å². The van der Waals surface area contributed by atoms with E-state index >= 15 is 0 Å². The normalized spacial score (nSPS) is 22.4. The highest BCUT2D eigenvalue weighted by atomic mass is 16.3. The first-order valence-electron chi connectivity index (χ1n) is 7.19. The summed E-state index contributed by atoms with van der Waals surface area (Å²) in [5, 5.41) is 11.9. The number of likely N-dealkylation sites (tertiary alicyclic amines) is 1. The number of carbonyl (C=O) groups is 1. The number of nitrogens with zero attached hydrogens (tertiary/aromatic N) is 1. The van der Waals surface area contributed by atoms with Gasteiger partial charge in [0.1, 0.15) is 0 Å². The van der Waals surface area contributed by atoms with Gasteiger partial charge >= 0.3 is 0 Å². The minimum atomic E-state index is 0.132. The summed E-state index contributed by atoms with van der Waals surface area (Å²) in [6.07, 6.45) is 4.17. The predicted molar refractivity (Wildman–Crippen MR) is 73.4 cm³/mol. The van der Waals surface area contributed by atoms with Crippen molar-refractivity contribution < 1.29 is 9.90 Å². The van der Waals surface area contributed by atoms with E-state index in [0.717, 1.165) is 25.8 Å². The van der Waals surface area contributed by atoms with Gasteiger partial charge in [-0.2, -0.15) is 0 Å². The van der Waals surface area contributed by atoms with Crippen molar-refractivity contribution in [1.82, 2.24) is 10.2 Å². The zero-order chi connectivity index (χ0) is 13.5. The molecule has 1 saturated heterocycles. The van der Waals surface area contributed by atoms with Gasteiger partial charge in [0.2, 0.25) is 5.91 Å². The van der Waals surface area contributed by atoms with E-state index in [-0.39, 0.29) is 18.6 Å². The van der Waals surface area contributed by atoms with Crippen LogP contribution in [0.4, 0.5) is 0 Å². The second-order valence-corrected chi connectivity index (χ2v) is 5.73. The van der Waals surface area contributed by atoms with Crippen molar-refractivity contribution in [2.75, 3.05) is 19.7 Å². The van der Waals surface area contributed by atoms with Gasteiger partial charge in [-0.1, -0.05) is 13.8 Å². The molecular formula is C14H28N2O2. The third kappa shape index (κ3) is 4.94. The summed E-state index contributed by atoms with van der Waals surface area (Å²) in [5.41, 5.74) is 0. The summed E-state index contributed by atoms with van der Waals surface area (Å²) >= 11 is 0. The van der Waals surface area contributed by atoms with E-state index in [1.807, 2.05) is 0 Å². The van der Waals surface area contributed by atoms with E-state index in [0.29, 0.717) is 18.5 Å². The zero-order valence-electron chi connectivity index (χ0n) is 12.0. The van der Waals surface area contributed by atoms with Gasteiger partial charge in [-0.3, -0.25) is 9.69 Å². The highest BCUT2D eigenvalue weighted by Gasteiger charge is 2.26. The maximum absolute atomic E-state index is 11.9. The average molecular weight is 256 g/mol. The van der Waals surface area contributed by atoms with E-state index in [2.05, 4.69) is 31.0 Å². The van der Waals surface area contributed by atoms with Crippen molar-refractivity contribution in [2.24, 2.45) is 5.92 Å². The first-order valence-corrected chi connectivity index (χ1v) is 7.19. The van der Waals surface area contributed by atoms with E-state index in [9.17, 15) is 4.79 Å². The van der Waals surface area contributed by atoms with Crippen LogP contribution in [0.15, 0.2) is 0 Å². The van der Waals surface area contributed by atoms with Crippen LogP contribution in [0.1, 0.15) is 46.5 Å². The Balaban J connectivity index is 2.33. The number of carbonyl (C=O) groups excluding carboxylic acids is 1. The highest BCUT2D eigenvalue weighted by molar-refractivity contribution is 5.78. The molecule has 1 aliphatic heterocycles. The molecule has 1 fully saturated rings. The molecule has 1 aliphatic rings. The molecule has 0 spiro atoms. The lowest BCUT2D eigenvalue weighted by Gasteiger charge is -2.25. The Morgan fingerprint density at radius 3 is 2.78 bits per heavy atom. The maximum atomic E-state index is 11.9. The van der Waals surface area contributed by atoms with Gasteiger partial charge in [-0.05, 0) is 45.1 Å². The molecule has 0 saturated carbocycles. The Morgan fingerprint density at radius 2 is 2.17 bits per heavy atom. The van der Waals surface area contributed by atoms with E-state index in [1.165, 1.54) is 6.42 Å². The fraction of sp³-hybridized carbons (Fsp3) is 0.929. The summed E-state index contributed by atoms with van der Waals surface area (Å²) < 4.78 is 0. The van der Waals surface area contributed by atoms with Crippen LogP contribution in [0.25, 0.3) is 0 Å². The predicted octanol–water partition coefficient (Wildman–Crippen LogP) is 1.38. The zero-order valence-corrected chi connectivity index (χ0v) is 12.0. The first-order chi connectivity index (χ1) is 8.54. The summed E-state index contributed by atoms with van der Waals surface area (Å²) in [4.78, 5) is 14.2. The van der Waals surface area contributed by atoms with Gasteiger partial charge in [0.05, 0.1) is 6.54 Å². The van der Waals surface area contributed by atoms with Crippen molar-refractivity contribution in [1.29, 1.82) is 0 Å². The van der Waals surface area contributed by atoms with Crippen molar-refractivity contribution in [3.63, 3.8) is 0 Å². The number of amides is 1. The molecule has 0 aliphatic carbocycles. The lowest BCUT2D eigenvalue weighted by Crippen LogP contribution is -2.44. The molecule has 0 aromatic heterocycles. The monoisotopic (exact) mass is 256 g/mol. The van der Waals surface area contributed by atoms with Gasteiger partial charge in [0, 0.05) is 18.7 Å². The third-order valence-corrected chi connectivity index (χ3v) is 3.93. The third-order valence-electron chi connectivity index (χ3n) is 3.93. The number of rotatable bonds is 7. The van der Waals surface area contributed by atoms with Crippen molar-refractivity contribution >= 4 is 5.91 Å². The molecule has 2 N–H and O–H groups in total. The maximum Gasteiger partial charge on any atom is 0.234 e. The number of aliphatic hydroxyl groups excluding tert-OH is 1. The quantitative estimate of drug-likeness (QED) is 0.723. The molecule has 1 amide bonds. The number of hydrogen-bond donors (Lipinski definition) is 2. The van der Waals surface area contributed by atoms with Gasteiger partial charge in [-0.15, -0.1) is 0 Å². The molecule has 4 heteroatoms. The van der Waals surface area contributed by atoms with Crippen LogP contribution in [-0.2, 0) is 4.79 Å². The lowest BCUT2D eigenvalue weighted by molar-refractivity contribution is -0.123. The van der Waals surface area contributed by atoms with E-state index in [1.54, 1.807) is 0 Å². The Bertz CT molecular complexity index is 256. The number of nitrogens with one attached hydrogen (secondary N) is 1. The summed E-state index contributed by atoms with van der Waals surface area (Å²) in [7, 11) is 0. The molecule has 18 heavy (non-hydrogen) atoms. The molecule has 1 rings (SSSR count). The van der Waals surface area contributed by atoms with Crippen molar-refractivity contribution in [3.05, 3.63) is 0 Å². The highest BCUT2D eigenvalue weighted by Crippen LogP contribution is 2.20. The standard InChI is InChI=1S/C14H28N2O2/c1-11(2)12(3)15-14(18)10-16-8-4-6-13(16)7-5-9-17/h11-13,17H,4-10H2,1-3H3,(H,15,18). The molecular weight excluding hydrogens is 228 g/mol. The smallest absolute Gasteiger partial charge is 0.234 e. The fourth-order valence-corrected chi connectivity index (χ4v) is 2.41. The molecule has 0 aromatic rings. The topological polar surface area (TPSA) is 52.6 Å². The van der Waals surface area contributed by atoms with Crippen LogP contribution in [0, 0.1) is 5.92 Å².